The third kappa shape index (κ3) is 4.56. The van der Waals surface area contributed by atoms with Crippen LogP contribution in [0.25, 0.3) is 33.0 Å². The van der Waals surface area contributed by atoms with Crippen molar-refractivity contribution < 1.29 is 4.74 Å². The quantitative estimate of drug-likeness (QED) is 0.181. The van der Waals surface area contributed by atoms with E-state index in [1.54, 1.807) is 0 Å². The molecule has 0 saturated heterocycles. The van der Waals surface area contributed by atoms with Crippen LogP contribution in [0.15, 0.2) is 170 Å². The van der Waals surface area contributed by atoms with Gasteiger partial charge in [0.1, 0.15) is 0 Å². The number of hydrogen-bond donors (Lipinski definition) is 0. The molecular formula is C52H40N2O. The fourth-order valence-electron chi connectivity index (χ4n) is 9.57. The molecule has 0 spiro atoms. The van der Waals surface area contributed by atoms with Crippen LogP contribution >= 0.6 is 0 Å². The van der Waals surface area contributed by atoms with Crippen LogP contribution in [0.2, 0.25) is 0 Å². The molecule has 0 radical (unpaired) electrons. The van der Waals surface area contributed by atoms with E-state index in [9.17, 15) is 0 Å². The largest absolute Gasteiger partial charge is 0.452 e. The zero-order valence-corrected chi connectivity index (χ0v) is 31.5. The van der Waals surface area contributed by atoms with Crippen LogP contribution in [-0.4, -0.2) is 0 Å². The van der Waals surface area contributed by atoms with Crippen molar-refractivity contribution >= 4 is 44.9 Å². The van der Waals surface area contributed by atoms with Gasteiger partial charge in [-0.05, 0) is 98.2 Å². The van der Waals surface area contributed by atoms with Crippen LogP contribution in [0.1, 0.15) is 49.9 Å². The highest BCUT2D eigenvalue weighted by atomic mass is 16.5. The molecule has 3 aliphatic rings. The summed E-state index contributed by atoms with van der Waals surface area (Å²) in [5.74, 6) is 1.76. The van der Waals surface area contributed by atoms with Gasteiger partial charge in [0, 0.05) is 33.5 Å². The highest BCUT2D eigenvalue weighted by Gasteiger charge is 2.43. The second-order valence-corrected chi connectivity index (χ2v) is 16.2. The summed E-state index contributed by atoms with van der Waals surface area (Å²) in [5, 5.41) is 2.44. The second-order valence-electron chi connectivity index (χ2n) is 16.2. The molecule has 3 nitrogen and oxygen atoms in total. The van der Waals surface area contributed by atoms with Gasteiger partial charge in [0.25, 0.3) is 0 Å². The molecule has 0 amide bonds. The Kier molecular flexibility index (Phi) is 6.65. The molecule has 2 aliphatic heterocycles. The lowest BCUT2D eigenvalue weighted by Gasteiger charge is -2.45. The van der Waals surface area contributed by atoms with E-state index >= 15 is 0 Å². The molecule has 0 unspecified atom stereocenters. The predicted molar refractivity (Wildman–Crippen MR) is 229 cm³/mol. The molecule has 264 valence electrons. The first-order valence-electron chi connectivity index (χ1n) is 19.3. The summed E-state index contributed by atoms with van der Waals surface area (Å²) in [6.07, 6.45) is 0. The molecule has 0 aromatic heterocycles. The number of hydrogen-bond acceptors (Lipinski definition) is 3. The summed E-state index contributed by atoms with van der Waals surface area (Å²) >= 11 is 0. The molecule has 0 fully saturated rings. The fourth-order valence-corrected chi connectivity index (χ4v) is 9.57. The lowest BCUT2D eigenvalue weighted by atomic mass is 9.72. The molecule has 0 saturated carbocycles. The summed E-state index contributed by atoms with van der Waals surface area (Å²) in [7, 11) is 0. The topological polar surface area (TPSA) is 15.7 Å². The monoisotopic (exact) mass is 708 g/mol. The predicted octanol–water partition coefficient (Wildman–Crippen LogP) is 14.5. The molecule has 2 heterocycles. The van der Waals surface area contributed by atoms with E-state index in [1.165, 1.54) is 44.2 Å². The summed E-state index contributed by atoms with van der Waals surface area (Å²) in [6.45, 7) is 9.42. The molecule has 1 aliphatic carbocycles. The van der Waals surface area contributed by atoms with Crippen LogP contribution < -0.4 is 14.5 Å². The molecule has 0 bridgehead atoms. The number of fused-ring (bicyclic) bond motifs is 8. The Morgan fingerprint density at radius 2 is 1.05 bits per heavy atom. The van der Waals surface area contributed by atoms with Crippen molar-refractivity contribution in [2.75, 3.05) is 9.80 Å². The van der Waals surface area contributed by atoms with Gasteiger partial charge in [-0.1, -0.05) is 149 Å². The Labute approximate surface area is 322 Å². The number of anilines is 6. The van der Waals surface area contributed by atoms with Gasteiger partial charge in [-0.3, -0.25) is 0 Å². The maximum atomic E-state index is 6.91. The van der Waals surface area contributed by atoms with Gasteiger partial charge in [-0.15, -0.1) is 0 Å². The number of rotatable bonds is 4. The van der Waals surface area contributed by atoms with Gasteiger partial charge in [0.2, 0.25) is 0 Å². The lowest BCUT2D eigenvalue weighted by Crippen LogP contribution is -2.32. The van der Waals surface area contributed by atoms with Gasteiger partial charge < -0.3 is 14.5 Å². The maximum Gasteiger partial charge on any atom is 0.159 e. The van der Waals surface area contributed by atoms with Crippen molar-refractivity contribution in [2.45, 2.75) is 38.5 Å². The number of ether oxygens (including phenoxy) is 1. The average molecular weight is 709 g/mol. The van der Waals surface area contributed by atoms with Gasteiger partial charge in [0.15, 0.2) is 11.5 Å². The lowest BCUT2D eigenvalue weighted by molar-refractivity contribution is 0.473. The number of nitrogens with zero attached hydrogens (tertiary/aromatic N) is 2. The first-order chi connectivity index (χ1) is 26.8. The highest BCUT2D eigenvalue weighted by molar-refractivity contribution is 5.99. The number of para-hydroxylation sites is 2. The van der Waals surface area contributed by atoms with Crippen molar-refractivity contribution in [3.63, 3.8) is 0 Å². The molecule has 55 heavy (non-hydrogen) atoms. The first kappa shape index (κ1) is 31.9. The first-order valence-corrected chi connectivity index (χ1v) is 19.3. The van der Waals surface area contributed by atoms with Crippen LogP contribution in [0, 0.1) is 0 Å². The smallest absolute Gasteiger partial charge is 0.159 e. The zero-order valence-electron chi connectivity index (χ0n) is 31.5. The minimum atomic E-state index is -0.281. The van der Waals surface area contributed by atoms with Gasteiger partial charge >= 0.3 is 0 Å². The Balaban J connectivity index is 1.15. The Bertz CT molecular complexity index is 2870. The Morgan fingerprint density at radius 3 is 1.93 bits per heavy atom. The van der Waals surface area contributed by atoms with E-state index in [2.05, 4.69) is 207 Å². The molecule has 0 atom stereocenters. The van der Waals surface area contributed by atoms with Gasteiger partial charge in [-0.25, -0.2) is 0 Å². The number of benzene rings is 8. The van der Waals surface area contributed by atoms with E-state index in [4.69, 9.17) is 4.74 Å². The van der Waals surface area contributed by atoms with Crippen LogP contribution in [-0.2, 0) is 10.8 Å². The average Bonchev–Trinajstić information content (AvgIpc) is 3.45. The zero-order chi connectivity index (χ0) is 37.1. The van der Waals surface area contributed by atoms with Crippen molar-refractivity contribution in [3.8, 4) is 33.8 Å². The van der Waals surface area contributed by atoms with Crippen LogP contribution in [0.5, 0.6) is 11.5 Å². The molecular weight excluding hydrogens is 669 g/mol. The van der Waals surface area contributed by atoms with Crippen LogP contribution in [0.3, 0.4) is 0 Å². The van der Waals surface area contributed by atoms with Crippen molar-refractivity contribution in [3.05, 3.63) is 192 Å². The summed E-state index contributed by atoms with van der Waals surface area (Å²) in [5.41, 5.74) is 16.4. The van der Waals surface area contributed by atoms with Crippen molar-refractivity contribution in [1.29, 1.82) is 0 Å². The van der Waals surface area contributed by atoms with E-state index in [1.807, 2.05) is 0 Å². The highest BCUT2D eigenvalue weighted by Crippen LogP contribution is 2.62. The summed E-state index contributed by atoms with van der Waals surface area (Å²) in [4.78, 5) is 4.91. The summed E-state index contributed by atoms with van der Waals surface area (Å²) < 4.78 is 6.91. The molecule has 3 heteroatoms. The van der Waals surface area contributed by atoms with Gasteiger partial charge in [0.05, 0.1) is 17.1 Å². The van der Waals surface area contributed by atoms with E-state index < -0.39 is 0 Å². The second kappa shape index (κ2) is 11.5. The Hall–Kier alpha value is -6.58. The Morgan fingerprint density at radius 1 is 0.436 bits per heavy atom. The molecule has 8 aromatic carbocycles. The van der Waals surface area contributed by atoms with E-state index in [0.29, 0.717) is 0 Å². The molecule has 0 N–H and O–H groups in total. The molecule has 11 rings (SSSR count). The molecule has 8 aromatic rings. The normalized spacial score (nSPS) is 14.9. The maximum absolute atomic E-state index is 6.91. The summed E-state index contributed by atoms with van der Waals surface area (Å²) in [6, 6.07) is 62.1. The van der Waals surface area contributed by atoms with E-state index in [0.717, 1.165) is 56.8 Å². The minimum Gasteiger partial charge on any atom is -0.452 e. The fraction of sp³-hybridized carbons (Fsp3) is 0.115. The third-order valence-corrected chi connectivity index (χ3v) is 12.4. The van der Waals surface area contributed by atoms with Crippen molar-refractivity contribution in [2.24, 2.45) is 0 Å². The SMILES string of the molecule is CC1(C)c2ccccc2-c2ccc(N(c3ccc4c(c3)N3c5ccccc5Oc5c(-c6ccccc6)ccc(c53)C4(C)C)c3ccc4ccccc4c3)cc21. The van der Waals surface area contributed by atoms with Crippen LogP contribution in [0.4, 0.5) is 34.1 Å². The standard InChI is InChI=1S/C52H40N2O/c1-51(2)42-19-11-10-18-40(42)41-26-24-37(31-45(41)51)53(36-23-22-33-14-8-9-17-35(33)30-36)38-25-28-43-47(32-38)54-46-20-12-13-21-48(46)55-50-39(34-15-6-5-7-16-34)27-29-44(49(50)54)52(43,3)4/h5-32H,1-4H3. The minimum absolute atomic E-state index is 0.120. The van der Waals surface area contributed by atoms with Crippen molar-refractivity contribution in [1.82, 2.24) is 0 Å². The third-order valence-electron chi connectivity index (χ3n) is 12.4. The van der Waals surface area contributed by atoms with Gasteiger partial charge in [-0.2, -0.15) is 0 Å². The van der Waals surface area contributed by atoms with E-state index in [-0.39, 0.29) is 10.8 Å².